The van der Waals surface area contributed by atoms with Gasteiger partial charge in [-0.1, -0.05) is 34.1 Å². The highest BCUT2D eigenvalue weighted by atomic mass is 16.6. The van der Waals surface area contributed by atoms with Crippen molar-refractivity contribution in [2.75, 3.05) is 13.2 Å². The highest BCUT2D eigenvalue weighted by molar-refractivity contribution is 5.59. The number of nitro groups is 1. The quantitative estimate of drug-likeness (QED) is 0.527. The number of benzene rings is 1. The van der Waals surface area contributed by atoms with Crippen molar-refractivity contribution >= 4 is 5.69 Å². The average Bonchev–Trinajstić information content (AvgIpc) is 2.56. The van der Waals surface area contributed by atoms with Crippen molar-refractivity contribution in [2.45, 2.75) is 40.0 Å². The molecule has 24 heavy (non-hydrogen) atoms. The molecule has 1 unspecified atom stereocenters. The fourth-order valence-corrected chi connectivity index (χ4v) is 2.22. The Balaban J connectivity index is 3.49. The van der Waals surface area contributed by atoms with Crippen LogP contribution in [0, 0.1) is 38.2 Å². The Labute approximate surface area is 141 Å². The van der Waals surface area contributed by atoms with E-state index in [1.165, 1.54) is 6.07 Å². The molecule has 0 saturated carbocycles. The van der Waals surface area contributed by atoms with Gasteiger partial charge in [-0.05, 0) is 23.0 Å². The monoisotopic (exact) mass is 331 g/mol. The van der Waals surface area contributed by atoms with Gasteiger partial charge in [0.25, 0.3) is 0 Å². The first kappa shape index (κ1) is 19.2. The number of hydrogen-bond acceptors (Lipinski definition) is 6. The van der Waals surface area contributed by atoms with E-state index < -0.39 is 4.92 Å². The Morgan fingerprint density at radius 1 is 1.25 bits per heavy atom. The Morgan fingerprint density at radius 3 is 2.33 bits per heavy atom. The Morgan fingerprint density at radius 2 is 1.83 bits per heavy atom. The Kier molecular flexibility index (Phi) is 6.55. The molecule has 1 atom stereocenters. The van der Waals surface area contributed by atoms with E-state index in [9.17, 15) is 10.1 Å². The molecule has 0 aromatic heterocycles. The second-order valence-corrected chi connectivity index (χ2v) is 6.08. The van der Waals surface area contributed by atoms with Crippen molar-refractivity contribution in [1.29, 1.82) is 10.5 Å². The Hall–Kier alpha value is -2.80. The molecular weight excluding hydrogens is 310 g/mol. The highest BCUT2D eigenvalue weighted by Crippen LogP contribution is 2.45. The summed E-state index contributed by atoms with van der Waals surface area (Å²) < 4.78 is 10.5. The van der Waals surface area contributed by atoms with Crippen LogP contribution in [0.2, 0.25) is 0 Å². The van der Waals surface area contributed by atoms with E-state index in [-0.39, 0.29) is 41.7 Å². The van der Waals surface area contributed by atoms with E-state index >= 15 is 0 Å². The molecule has 0 aliphatic rings. The van der Waals surface area contributed by atoms with Gasteiger partial charge in [-0.2, -0.15) is 10.5 Å². The van der Waals surface area contributed by atoms with Gasteiger partial charge in [0.1, 0.15) is 12.1 Å². The Bertz CT molecular complexity index is 686. The maximum absolute atomic E-state index is 11.4. The summed E-state index contributed by atoms with van der Waals surface area (Å²) in [5.74, 6) is 0.00691. The van der Waals surface area contributed by atoms with Gasteiger partial charge in [0.15, 0.2) is 19.0 Å². The van der Waals surface area contributed by atoms with Crippen LogP contribution in [0.3, 0.4) is 0 Å². The topological polar surface area (TPSA) is 109 Å². The molecule has 0 aliphatic carbocycles. The van der Waals surface area contributed by atoms with E-state index in [0.29, 0.717) is 0 Å². The molecule has 128 valence electrons. The van der Waals surface area contributed by atoms with Gasteiger partial charge in [0.05, 0.1) is 4.92 Å². The lowest BCUT2D eigenvalue weighted by Gasteiger charge is -2.31. The SMILES string of the molecule is CCC(C)(C)C(C)c1cc(OCC#N)c(OCC#N)c([N+](=O)[O-])c1. The zero-order valence-corrected chi connectivity index (χ0v) is 14.3. The predicted molar refractivity (Wildman–Crippen MR) is 87.8 cm³/mol. The van der Waals surface area contributed by atoms with Crippen LogP contribution in [0.5, 0.6) is 11.5 Å². The number of nitrogens with zero attached hydrogens (tertiary/aromatic N) is 3. The normalized spacial score (nSPS) is 11.9. The van der Waals surface area contributed by atoms with E-state index in [4.69, 9.17) is 20.0 Å². The molecule has 1 rings (SSSR count). The van der Waals surface area contributed by atoms with Crippen molar-refractivity contribution in [3.05, 3.63) is 27.8 Å². The van der Waals surface area contributed by atoms with E-state index in [1.54, 1.807) is 12.1 Å². The number of rotatable bonds is 8. The third-order valence-corrected chi connectivity index (χ3v) is 4.41. The molecule has 0 spiro atoms. The summed E-state index contributed by atoms with van der Waals surface area (Å²) in [6, 6.07) is 6.70. The standard InChI is InChI=1S/C17H21N3O4/c1-5-17(3,4)12(2)13-10-14(20(21)22)16(24-9-7-19)15(11-13)23-8-6-18/h10-12H,5,8-9H2,1-4H3. The molecule has 0 radical (unpaired) electrons. The van der Waals surface area contributed by atoms with Gasteiger partial charge in [-0.15, -0.1) is 0 Å². The molecule has 0 amide bonds. The minimum Gasteiger partial charge on any atom is -0.475 e. The molecule has 7 nitrogen and oxygen atoms in total. The van der Waals surface area contributed by atoms with Crippen molar-refractivity contribution in [3.8, 4) is 23.6 Å². The molecule has 0 bridgehead atoms. The van der Waals surface area contributed by atoms with Crippen LogP contribution in [-0.4, -0.2) is 18.1 Å². The van der Waals surface area contributed by atoms with Crippen LogP contribution in [-0.2, 0) is 0 Å². The van der Waals surface area contributed by atoms with Crippen molar-refractivity contribution in [2.24, 2.45) is 5.41 Å². The second kappa shape index (κ2) is 8.16. The largest absolute Gasteiger partial charge is 0.475 e. The molecule has 1 aromatic carbocycles. The van der Waals surface area contributed by atoms with Gasteiger partial charge in [0, 0.05) is 6.07 Å². The number of nitro benzene ring substituents is 1. The van der Waals surface area contributed by atoms with Gasteiger partial charge in [0.2, 0.25) is 5.75 Å². The molecule has 0 N–H and O–H groups in total. The molecule has 0 aliphatic heterocycles. The predicted octanol–water partition coefficient (Wildman–Crippen LogP) is 3.94. The lowest BCUT2D eigenvalue weighted by atomic mass is 9.74. The zero-order chi connectivity index (χ0) is 18.3. The van der Waals surface area contributed by atoms with Crippen molar-refractivity contribution in [3.63, 3.8) is 0 Å². The average molecular weight is 331 g/mol. The first-order valence-electron chi connectivity index (χ1n) is 7.60. The van der Waals surface area contributed by atoms with Crippen molar-refractivity contribution < 1.29 is 14.4 Å². The van der Waals surface area contributed by atoms with Crippen LogP contribution < -0.4 is 9.47 Å². The molecule has 0 heterocycles. The van der Waals surface area contributed by atoms with E-state index in [0.717, 1.165) is 12.0 Å². The fraction of sp³-hybridized carbons (Fsp3) is 0.529. The van der Waals surface area contributed by atoms with Crippen molar-refractivity contribution in [1.82, 2.24) is 0 Å². The summed E-state index contributed by atoms with van der Waals surface area (Å²) in [7, 11) is 0. The maximum atomic E-state index is 11.4. The van der Waals surface area contributed by atoms with Crippen LogP contribution in [0.1, 0.15) is 45.6 Å². The minimum absolute atomic E-state index is 0.0238. The summed E-state index contributed by atoms with van der Waals surface area (Å²) in [4.78, 5) is 10.9. The van der Waals surface area contributed by atoms with Gasteiger partial charge < -0.3 is 9.47 Å². The summed E-state index contributed by atoms with van der Waals surface area (Å²) in [6.07, 6.45) is 0.892. The van der Waals surface area contributed by atoms with Crippen LogP contribution in [0.4, 0.5) is 5.69 Å². The van der Waals surface area contributed by atoms with Gasteiger partial charge >= 0.3 is 5.69 Å². The van der Waals surface area contributed by atoms with Crippen LogP contribution >= 0.6 is 0 Å². The van der Waals surface area contributed by atoms with E-state index in [2.05, 4.69) is 20.8 Å². The first-order valence-corrected chi connectivity index (χ1v) is 7.60. The number of hydrogen-bond donors (Lipinski definition) is 0. The number of ether oxygens (including phenoxy) is 2. The van der Waals surface area contributed by atoms with E-state index in [1.807, 2.05) is 13.0 Å². The molecule has 1 aromatic rings. The summed E-state index contributed by atoms with van der Waals surface area (Å²) in [6.45, 7) is 7.60. The van der Waals surface area contributed by atoms with Crippen LogP contribution in [0.15, 0.2) is 12.1 Å². The third-order valence-electron chi connectivity index (χ3n) is 4.41. The molecule has 0 fully saturated rings. The summed E-state index contributed by atoms with van der Waals surface area (Å²) in [5.41, 5.74) is 0.385. The molecule has 0 saturated heterocycles. The van der Waals surface area contributed by atoms with Crippen LogP contribution in [0.25, 0.3) is 0 Å². The highest BCUT2D eigenvalue weighted by Gasteiger charge is 2.30. The molecular formula is C17H21N3O4. The van der Waals surface area contributed by atoms with Gasteiger partial charge in [-0.3, -0.25) is 10.1 Å². The molecule has 7 heteroatoms. The number of nitriles is 2. The summed E-state index contributed by atoms with van der Waals surface area (Å²) in [5, 5.41) is 28.8. The second-order valence-electron chi connectivity index (χ2n) is 6.08. The smallest absolute Gasteiger partial charge is 0.315 e. The maximum Gasteiger partial charge on any atom is 0.315 e. The minimum atomic E-state index is -0.568. The fourth-order valence-electron chi connectivity index (χ4n) is 2.22. The summed E-state index contributed by atoms with van der Waals surface area (Å²) >= 11 is 0. The zero-order valence-electron chi connectivity index (χ0n) is 14.3. The first-order chi connectivity index (χ1) is 11.3. The van der Waals surface area contributed by atoms with Gasteiger partial charge in [-0.25, -0.2) is 0 Å². The lowest BCUT2D eigenvalue weighted by molar-refractivity contribution is -0.386. The lowest BCUT2D eigenvalue weighted by Crippen LogP contribution is -2.19. The third kappa shape index (κ3) is 4.36.